The fraction of sp³-hybridized carbons (Fsp3) is 0.217. The Hall–Kier alpha value is -3.41. The van der Waals surface area contributed by atoms with Gasteiger partial charge in [-0.25, -0.2) is 0 Å². The summed E-state index contributed by atoms with van der Waals surface area (Å²) in [6.07, 6.45) is 1.65. The minimum absolute atomic E-state index is 0.0153. The molecular formula is C23H22Cl2N6O4S. The van der Waals surface area contributed by atoms with Crippen LogP contribution in [0, 0.1) is 17.0 Å². The van der Waals surface area contributed by atoms with E-state index >= 15 is 0 Å². The van der Waals surface area contributed by atoms with Crippen LogP contribution in [0.1, 0.15) is 34.7 Å². The summed E-state index contributed by atoms with van der Waals surface area (Å²) in [5.74, 6) is -0.320. The number of halogens is 2. The van der Waals surface area contributed by atoms with Gasteiger partial charge in [0, 0.05) is 23.7 Å². The first-order chi connectivity index (χ1) is 17.1. The number of nitro groups is 1. The van der Waals surface area contributed by atoms with Crippen LogP contribution < -0.4 is 10.6 Å². The summed E-state index contributed by atoms with van der Waals surface area (Å²) in [4.78, 5) is 35.7. The Morgan fingerprint density at radius 2 is 2.00 bits per heavy atom. The molecule has 1 aromatic heterocycles. The first kappa shape index (κ1) is 27.2. The minimum Gasteiger partial charge on any atom is -0.342 e. The number of carbonyl (C=O) groups is 2. The predicted octanol–water partition coefficient (Wildman–Crippen LogP) is 5.21. The molecule has 0 fully saturated rings. The van der Waals surface area contributed by atoms with Gasteiger partial charge in [0.05, 0.1) is 33.0 Å². The van der Waals surface area contributed by atoms with E-state index < -0.39 is 16.9 Å². The third kappa shape index (κ3) is 6.62. The predicted molar refractivity (Wildman–Crippen MR) is 140 cm³/mol. The Kier molecular flexibility index (Phi) is 9.08. The molecule has 1 atom stereocenters. The molecular weight excluding hydrogens is 527 g/mol. The van der Waals surface area contributed by atoms with Gasteiger partial charge >= 0.3 is 0 Å². The first-order valence-corrected chi connectivity index (χ1v) is 12.3. The van der Waals surface area contributed by atoms with Crippen molar-refractivity contribution in [3.63, 3.8) is 0 Å². The lowest BCUT2D eigenvalue weighted by Gasteiger charge is -2.16. The zero-order valence-corrected chi connectivity index (χ0v) is 21.7. The lowest BCUT2D eigenvalue weighted by Crippen LogP contribution is -2.29. The average molecular weight is 549 g/mol. The van der Waals surface area contributed by atoms with Gasteiger partial charge in [-0.3, -0.25) is 19.7 Å². The van der Waals surface area contributed by atoms with Crippen molar-refractivity contribution in [1.82, 2.24) is 20.1 Å². The third-order valence-electron chi connectivity index (χ3n) is 5.01. The summed E-state index contributed by atoms with van der Waals surface area (Å²) >= 11 is 13.2. The summed E-state index contributed by atoms with van der Waals surface area (Å²) in [6.45, 7) is 7.59. The first-order valence-electron chi connectivity index (χ1n) is 10.6. The maximum absolute atomic E-state index is 12.7. The second-order valence-corrected chi connectivity index (χ2v) is 9.44. The summed E-state index contributed by atoms with van der Waals surface area (Å²) < 4.78 is 1.73. The van der Waals surface area contributed by atoms with Gasteiger partial charge in [-0.15, -0.1) is 16.8 Å². The summed E-state index contributed by atoms with van der Waals surface area (Å²) in [5.41, 5.74) is 1.21. The largest absolute Gasteiger partial charge is 0.342 e. The van der Waals surface area contributed by atoms with Gasteiger partial charge in [0.25, 0.3) is 11.6 Å². The van der Waals surface area contributed by atoms with Gasteiger partial charge in [-0.1, -0.05) is 47.1 Å². The molecule has 0 aliphatic heterocycles. The molecule has 0 aliphatic carbocycles. The number of non-ortho nitro benzene ring substituents is 1. The molecule has 0 radical (unpaired) electrons. The number of amides is 2. The van der Waals surface area contributed by atoms with E-state index in [-0.39, 0.29) is 27.9 Å². The number of nitrogens with one attached hydrogen (secondary N) is 2. The van der Waals surface area contributed by atoms with Crippen molar-refractivity contribution in [1.29, 1.82) is 0 Å². The van der Waals surface area contributed by atoms with Crippen LogP contribution in [-0.4, -0.2) is 37.3 Å². The van der Waals surface area contributed by atoms with Crippen LogP contribution in [0.3, 0.4) is 0 Å². The van der Waals surface area contributed by atoms with Crippen molar-refractivity contribution in [3.8, 4) is 0 Å². The highest BCUT2D eigenvalue weighted by Crippen LogP contribution is 2.25. The number of nitrogens with zero attached hydrogens (tertiary/aromatic N) is 4. The van der Waals surface area contributed by atoms with Crippen LogP contribution in [0.2, 0.25) is 10.0 Å². The van der Waals surface area contributed by atoms with Crippen LogP contribution >= 0.6 is 35.0 Å². The summed E-state index contributed by atoms with van der Waals surface area (Å²) in [6, 6.07) is 8.31. The number of anilines is 1. The van der Waals surface area contributed by atoms with Crippen molar-refractivity contribution >= 4 is 58.2 Å². The van der Waals surface area contributed by atoms with E-state index in [1.165, 1.54) is 24.3 Å². The van der Waals surface area contributed by atoms with Gasteiger partial charge in [0.15, 0.2) is 11.0 Å². The van der Waals surface area contributed by atoms with Gasteiger partial charge in [-0.2, -0.15) is 0 Å². The number of hydrogen-bond donors (Lipinski definition) is 2. The number of carbonyl (C=O) groups excluding carboxylic acids is 2. The normalized spacial score (nSPS) is 11.6. The van der Waals surface area contributed by atoms with E-state index in [0.29, 0.717) is 33.8 Å². The zero-order valence-electron chi connectivity index (χ0n) is 19.3. The van der Waals surface area contributed by atoms with E-state index in [9.17, 15) is 19.7 Å². The van der Waals surface area contributed by atoms with Crippen LogP contribution in [0.15, 0.2) is 54.2 Å². The number of hydrogen-bond acceptors (Lipinski definition) is 7. The Bertz CT molecular complexity index is 1330. The van der Waals surface area contributed by atoms with Crippen molar-refractivity contribution in [2.75, 3.05) is 11.1 Å². The van der Waals surface area contributed by atoms with Gasteiger partial charge < -0.3 is 15.2 Å². The number of allylic oxidation sites excluding steroid dienone is 1. The number of rotatable bonds is 10. The lowest BCUT2D eigenvalue weighted by molar-refractivity contribution is -0.384. The van der Waals surface area contributed by atoms with Gasteiger partial charge in [0.1, 0.15) is 0 Å². The molecule has 188 valence electrons. The number of nitro benzene ring substituents is 1. The quantitative estimate of drug-likeness (QED) is 0.154. The highest BCUT2D eigenvalue weighted by atomic mass is 35.5. The Balaban J connectivity index is 1.70. The molecule has 0 aliphatic rings. The van der Waals surface area contributed by atoms with Crippen LogP contribution in [-0.2, 0) is 11.3 Å². The van der Waals surface area contributed by atoms with Crippen molar-refractivity contribution < 1.29 is 14.5 Å². The minimum atomic E-state index is -0.535. The molecule has 2 amide bonds. The molecule has 0 saturated heterocycles. The highest BCUT2D eigenvalue weighted by molar-refractivity contribution is 7.99. The second kappa shape index (κ2) is 12.0. The maximum Gasteiger partial charge on any atom is 0.271 e. The lowest BCUT2D eigenvalue weighted by atomic mass is 10.2. The van der Waals surface area contributed by atoms with Gasteiger partial charge in [0.2, 0.25) is 5.91 Å². The van der Waals surface area contributed by atoms with Crippen molar-refractivity contribution in [2.45, 2.75) is 31.6 Å². The molecule has 1 heterocycles. The topological polar surface area (TPSA) is 132 Å². The fourth-order valence-electron chi connectivity index (χ4n) is 3.21. The molecule has 10 nitrogen and oxygen atoms in total. The molecule has 0 bridgehead atoms. The van der Waals surface area contributed by atoms with E-state index in [4.69, 9.17) is 23.2 Å². The molecule has 2 N–H and O–H groups in total. The maximum atomic E-state index is 12.7. The van der Waals surface area contributed by atoms with Crippen LogP contribution in [0.4, 0.5) is 11.4 Å². The van der Waals surface area contributed by atoms with E-state index in [1.807, 2.05) is 0 Å². The fourth-order valence-corrected chi connectivity index (χ4v) is 4.46. The monoisotopic (exact) mass is 548 g/mol. The second-order valence-electron chi connectivity index (χ2n) is 7.65. The SMILES string of the molecule is C=CCn1c(SCC(=O)Nc2cc([N+](=O)[O-])ccc2C)nnc1[C@H](C)NC(=O)c1ccc(Cl)cc1Cl. The standard InChI is InChI=1S/C23H22Cl2N6O4S/c1-4-9-30-21(14(3)26-22(33)17-8-6-15(24)10-18(17)25)28-29-23(30)36-12-20(32)27-19-11-16(31(34)35)7-5-13(19)2/h4-8,10-11,14H,1,9,12H2,2-3H3,(H,26,33)(H,27,32)/t14-/m0/s1. The van der Waals surface area contributed by atoms with Crippen LogP contribution in [0.25, 0.3) is 0 Å². The van der Waals surface area contributed by atoms with Gasteiger partial charge in [-0.05, 0) is 37.6 Å². The molecule has 3 rings (SSSR count). The number of aryl methyl sites for hydroxylation is 1. The number of benzene rings is 2. The smallest absolute Gasteiger partial charge is 0.271 e. The average Bonchev–Trinajstić information content (AvgIpc) is 3.21. The molecule has 2 aromatic carbocycles. The van der Waals surface area contributed by atoms with Crippen LogP contribution in [0.5, 0.6) is 0 Å². The zero-order chi connectivity index (χ0) is 26.4. The Labute approximate surface area is 221 Å². The molecule has 3 aromatic rings. The van der Waals surface area contributed by atoms with Crippen molar-refractivity contribution in [2.24, 2.45) is 0 Å². The molecule has 36 heavy (non-hydrogen) atoms. The number of thioether (sulfide) groups is 1. The molecule has 0 spiro atoms. The van der Waals surface area contributed by atoms with E-state index in [0.717, 1.165) is 11.8 Å². The highest BCUT2D eigenvalue weighted by Gasteiger charge is 2.22. The molecule has 13 heteroatoms. The van der Waals surface area contributed by atoms with E-state index in [1.54, 1.807) is 36.6 Å². The summed E-state index contributed by atoms with van der Waals surface area (Å²) in [5, 5.41) is 26.0. The van der Waals surface area contributed by atoms with Crippen molar-refractivity contribution in [3.05, 3.63) is 86.2 Å². The summed E-state index contributed by atoms with van der Waals surface area (Å²) in [7, 11) is 0. The Morgan fingerprint density at radius 3 is 2.67 bits per heavy atom. The third-order valence-corrected chi connectivity index (χ3v) is 6.52. The number of aromatic nitrogens is 3. The Morgan fingerprint density at radius 1 is 1.25 bits per heavy atom. The van der Waals surface area contributed by atoms with E-state index in [2.05, 4.69) is 27.4 Å². The molecule has 0 saturated carbocycles. The molecule has 0 unspecified atom stereocenters.